The van der Waals surface area contributed by atoms with Gasteiger partial charge in [-0.3, -0.25) is 0 Å². The van der Waals surface area contributed by atoms with Crippen LogP contribution in [-0.2, 0) is 0 Å². The summed E-state index contributed by atoms with van der Waals surface area (Å²) in [4.78, 5) is 1.24. The summed E-state index contributed by atoms with van der Waals surface area (Å²) in [5.41, 5.74) is 3.27. The van der Waals surface area contributed by atoms with Crippen LogP contribution < -0.4 is 5.32 Å². The van der Waals surface area contributed by atoms with Gasteiger partial charge in [0.25, 0.3) is 0 Å². The number of halogens is 1. The summed E-state index contributed by atoms with van der Waals surface area (Å²) in [6, 6.07) is 13.5. The molecule has 2 aromatic rings. The van der Waals surface area contributed by atoms with Gasteiger partial charge < -0.3 is 5.32 Å². The topological polar surface area (TPSA) is 12.0 Å². The summed E-state index contributed by atoms with van der Waals surface area (Å²) in [6.45, 7) is 1.94. The molecule has 0 aromatic heterocycles. The van der Waals surface area contributed by atoms with Gasteiger partial charge in [-0.15, -0.1) is 11.8 Å². The van der Waals surface area contributed by atoms with Crippen molar-refractivity contribution in [1.82, 2.24) is 5.32 Å². The molecule has 1 nitrogen and oxygen atoms in total. The van der Waals surface area contributed by atoms with Crippen molar-refractivity contribution in [3.8, 4) is 0 Å². The number of aryl methyl sites for hydroxylation is 1. The van der Waals surface area contributed by atoms with Gasteiger partial charge in [0.15, 0.2) is 0 Å². The number of hydrogen-bond donors (Lipinski definition) is 1. The quantitative estimate of drug-likeness (QED) is 0.841. The van der Waals surface area contributed by atoms with Gasteiger partial charge in [0.1, 0.15) is 5.82 Å². The molecular weight excluding hydrogens is 257 g/mol. The second-order valence-electron chi connectivity index (χ2n) is 4.50. The Bertz CT molecular complexity index is 551. The number of thioether (sulfide) groups is 1. The zero-order chi connectivity index (χ0) is 13.8. The average Bonchev–Trinajstić information content (AvgIpc) is 2.42. The molecule has 19 heavy (non-hydrogen) atoms. The maximum Gasteiger partial charge on any atom is 0.123 e. The molecule has 3 heteroatoms. The van der Waals surface area contributed by atoms with Gasteiger partial charge in [0.2, 0.25) is 0 Å². The molecule has 0 amide bonds. The molecule has 0 aliphatic carbocycles. The number of benzene rings is 2. The summed E-state index contributed by atoms with van der Waals surface area (Å²) >= 11 is 1.73. The van der Waals surface area contributed by atoms with Crippen molar-refractivity contribution in [2.75, 3.05) is 13.3 Å². The first-order valence-corrected chi connectivity index (χ1v) is 7.45. The monoisotopic (exact) mass is 275 g/mol. The lowest BCUT2D eigenvalue weighted by molar-refractivity contribution is 0.621. The fourth-order valence-electron chi connectivity index (χ4n) is 2.26. The van der Waals surface area contributed by atoms with Crippen molar-refractivity contribution in [1.29, 1.82) is 0 Å². The molecule has 0 saturated heterocycles. The number of nitrogens with one attached hydrogen (secondary N) is 1. The zero-order valence-corrected chi connectivity index (χ0v) is 12.2. The Labute approximate surface area is 118 Å². The third kappa shape index (κ3) is 3.17. The van der Waals surface area contributed by atoms with Crippen molar-refractivity contribution in [3.05, 3.63) is 65.0 Å². The first-order chi connectivity index (χ1) is 9.15. The predicted molar refractivity (Wildman–Crippen MR) is 80.3 cm³/mol. The SMILES string of the molecule is CNC(c1ccc(SC)cc1)c1ccc(F)cc1C. The van der Waals surface area contributed by atoms with Gasteiger partial charge in [-0.05, 0) is 61.2 Å². The average molecular weight is 275 g/mol. The smallest absolute Gasteiger partial charge is 0.123 e. The van der Waals surface area contributed by atoms with Crippen LogP contribution in [0.1, 0.15) is 22.7 Å². The molecule has 0 aliphatic heterocycles. The second-order valence-corrected chi connectivity index (χ2v) is 5.38. The van der Waals surface area contributed by atoms with E-state index in [1.807, 2.05) is 20.0 Å². The van der Waals surface area contributed by atoms with Gasteiger partial charge in [-0.2, -0.15) is 0 Å². The van der Waals surface area contributed by atoms with Crippen LogP contribution in [0, 0.1) is 12.7 Å². The lowest BCUT2D eigenvalue weighted by Crippen LogP contribution is -2.18. The zero-order valence-electron chi connectivity index (χ0n) is 11.4. The van der Waals surface area contributed by atoms with E-state index in [1.54, 1.807) is 17.8 Å². The van der Waals surface area contributed by atoms with Crippen LogP contribution in [-0.4, -0.2) is 13.3 Å². The first kappa shape index (κ1) is 14.1. The van der Waals surface area contributed by atoms with Gasteiger partial charge in [-0.25, -0.2) is 4.39 Å². The molecular formula is C16H18FNS. The third-order valence-corrected chi connectivity index (χ3v) is 4.02. The van der Waals surface area contributed by atoms with Gasteiger partial charge in [-0.1, -0.05) is 18.2 Å². The fourth-order valence-corrected chi connectivity index (χ4v) is 2.67. The minimum Gasteiger partial charge on any atom is -0.309 e. The largest absolute Gasteiger partial charge is 0.309 e. The second kappa shape index (κ2) is 6.22. The van der Waals surface area contributed by atoms with E-state index < -0.39 is 0 Å². The van der Waals surface area contributed by atoms with Crippen molar-refractivity contribution in [2.45, 2.75) is 17.9 Å². The van der Waals surface area contributed by atoms with Crippen LogP contribution in [0.4, 0.5) is 4.39 Å². The Kier molecular flexibility index (Phi) is 4.61. The summed E-state index contributed by atoms with van der Waals surface area (Å²) < 4.78 is 13.2. The summed E-state index contributed by atoms with van der Waals surface area (Å²) in [5.74, 6) is -0.186. The minimum atomic E-state index is -0.186. The van der Waals surface area contributed by atoms with Gasteiger partial charge in [0.05, 0.1) is 6.04 Å². The molecule has 0 radical (unpaired) electrons. The Morgan fingerprint density at radius 3 is 2.32 bits per heavy atom. The fraction of sp³-hybridized carbons (Fsp3) is 0.250. The van der Waals surface area contributed by atoms with Crippen molar-refractivity contribution < 1.29 is 4.39 Å². The highest BCUT2D eigenvalue weighted by Crippen LogP contribution is 2.26. The number of hydrogen-bond acceptors (Lipinski definition) is 2. The van der Waals surface area contributed by atoms with Crippen LogP contribution in [0.3, 0.4) is 0 Å². The van der Waals surface area contributed by atoms with E-state index in [0.717, 1.165) is 11.1 Å². The molecule has 0 fully saturated rings. The van der Waals surface area contributed by atoms with Gasteiger partial charge >= 0.3 is 0 Å². The van der Waals surface area contributed by atoms with Crippen LogP contribution in [0.25, 0.3) is 0 Å². The summed E-state index contributed by atoms with van der Waals surface area (Å²) in [7, 11) is 1.93. The normalized spacial score (nSPS) is 12.4. The highest BCUT2D eigenvalue weighted by molar-refractivity contribution is 7.98. The maximum atomic E-state index is 13.2. The summed E-state index contributed by atoms with van der Waals surface area (Å²) in [6.07, 6.45) is 2.06. The van der Waals surface area contributed by atoms with Crippen molar-refractivity contribution >= 4 is 11.8 Å². The Balaban J connectivity index is 2.37. The Hall–Kier alpha value is -1.32. The van der Waals surface area contributed by atoms with E-state index in [2.05, 4.69) is 35.8 Å². The molecule has 0 bridgehead atoms. The highest BCUT2D eigenvalue weighted by atomic mass is 32.2. The van der Waals surface area contributed by atoms with Crippen molar-refractivity contribution in [3.63, 3.8) is 0 Å². The molecule has 0 heterocycles. The predicted octanol–water partition coefficient (Wildman–Crippen LogP) is 4.16. The lowest BCUT2D eigenvalue weighted by atomic mass is 9.95. The third-order valence-electron chi connectivity index (χ3n) is 3.28. The van der Waals surface area contributed by atoms with Crippen molar-refractivity contribution in [2.24, 2.45) is 0 Å². The molecule has 2 aromatic carbocycles. The molecule has 0 spiro atoms. The van der Waals surface area contributed by atoms with Gasteiger partial charge in [0, 0.05) is 4.90 Å². The van der Waals surface area contributed by atoms with E-state index in [-0.39, 0.29) is 11.9 Å². The molecule has 1 N–H and O–H groups in total. The molecule has 0 saturated carbocycles. The van der Waals surface area contributed by atoms with Crippen LogP contribution in [0.2, 0.25) is 0 Å². The van der Waals surface area contributed by atoms with E-state index in [0.29, 0.717) is 0 Å². The molecule has 1 unspecified atom stereocenters. The van der Waals surface area contributed by atoms with Crippen LogP contribution >= 0.6 is 11.8 Å². The summed E-state index contributed by atoms with van der Waals surface area (Å²) in [5, 5.41) is 3.30. The molecule has 100 valence electrons. The molecule has 0 aliphatic rings. The lowest BCUT2D eigenvalue weighted by Gasteiger charge is -2.19. The van der Waals surface area contributed by atoms with E-state index in [9.17, 15) is 4.39 Å². The standard InChI is InChI=1S/C16H18FNS/c1-11-10-13(17)6-9-15(11)16(18-2)12-4-7-14(19-3)8-5-12/h4-10,16,18H,1-3H3. The minimum absolute atomic E-state index is 0.0940. The molecule has 2 rings (SSSR count). The Morgan fingerprint density at radius 2 is 1.79 bits per heavy atom. The highest BCUT2D eigenvalue weighted by Gasteiger charge is 2.14. The van der Waals surface area contributed by atoms with E-state index in [1.165, 1.54) is 16.5 Å². The first-order valence-electron chi connectivity index (χ1n) is 6.23. The van der Waals surface area contributed by atoms with Crippen LogP contribution in [0.15, 0.2) is 47.4 Å². The van der Waals surface area contributed by atoms with E-state index >= 15 is 0 Å². The van der Waals surface area contributed by atoms with Crippen LogP contribution in [0.5, 0.6) is 0 Å². The number of rotatable bonds is 4. The maximum absolute atomic E-state index is 13.2. The molecule has 1 atom stereocenters. The van der Waals surface area contributed by atoms with E-state index in [4.69, 9.17) is 0 Å². The Morgan fingerprint density at radius 1 is 1.11 bits per heavy atom.